The van der Waals surface area contributed by atoms with Crippen LogP contribution in [0.3, 0.4) is 0 Å². The Labute approximate surface area is 178 Å². The highest BCUT2D eigenvalue weighted by Gasteiger charge is 2.46. The maximum atomic E-state index is 14.2. The second-order valence-corrected chi connectivity index (χ2v) is 8.45. The number of fused-ring (bicyclic) bond motifs is 3. The van der Waals surface area contributed by atoms with Crippen LogP contribution in [-0.4, -0.2) is 36.3 Å². The summed E-state index contributed by atoms with van der Waals surface area (Å²) in [4.78, 5) is 7.66. The first-order chi connectivity index (χ1) is 14.8. The molecule has 3 saturated heterocycles. The normalized spacial score (nSPS) is 25.8. The van der Waals surface area contributed by atoms with Crippen LogP contribution in [0.4, 0.5) is 4.39 Å². The molecule has 0 N–H and O–H groups in total. The predicted octanol–water partition coefficient (Wildman–Crippen LogP) is 5.54. The molecular weight excluding hydrogens is 371 g/mol. The molecule has 6 rings (SSSR count). The summed E-state index contributed by atoms with van der Waals surface area (Å²) in [7, 11) is 0. The van der Waals surface area contributed by atoms with Crippen molar-refractivity contribution in [2.75, 3.05) is 13.1 Å². The summed E-state index contributed by atoms with van der Waals surface area (Å²) in [6.45, 7) is 2.24. The van der Waals surface area contributed by atoms with Gasteiger partial charge in [0.2, 0.25) is 0 Å². The van der Waals surface area contributed by atoms with Gasteiger partial charge in [0.05, 0.1) is 6.04 Å². The molecule has 30 heavy (non-hydrogen) atoms. The third kappa shape index (κ3) is 3.70. The third-order valence-electron chi connectivity index (χ3n) is 6.78. The van der Waals surface area contributed by atoms with Crippen molar-refractivity contribution in [3.05, 3.63) is 107 Å². The topological polar surface area (TPSA) is 15.6 Å². The third-order valence-corrected chi connectivity index (χ3v) is 6.78. The Balaban J connectivity index is 1.56. The van der Waals surface area contributed by atoms with Crippen molar-refractivity contribution in [2.24, 2.45) is 10.9 Å². The van der Waals surface area contributed by atoms with Gasteiger partial charge in [-0.2, -0.15) is 0 Å². The molecule has 3 aromatic carbocycles. The standard InChI is InChI=1S/C27H27FN2/c28-24-14-8-7-13-23(24)19-29-26-22-15-17-30(18-16-22)27(26)25(20-9-3-1-4-10-20)21-11-5-2-6-12-21/h1-14,19,22,25-27H,15-18H2/b29-19+/t26-,27+/m1/s1. The molecule has 3 aromatic rings. The van der Waals surface area contributed by atoms with Crippen LogP contribution in [0, 0.1) is 11.7 Å². The van der Waals surface area contributed by atoms with Gasteiger partial charge in [-0.15, -0.1) is 0 Å². The maximum absolute atomic E-state index is 14.2. The molecule has 3 heteroatoms. The van der Waals surface area contributed by atoms with Crippen LogP contribution in [0.2, 0.25) is 0 Å². The molecule has 3 aliphatic heterocycles. The van der Waals surface area contributed by atoms with Crippen LogP contribution < -0.4 is 0 Å². The van der Waals surface area contributed by atoms with Gasteiger partial charge in [-0.25, -0.2) is 4.39 Å². The molecule has 0 aliphatic carbocycles. The Morgan fingerprint density at radius 3 is 1.97 bits per heavy atom. The number of halogens is 1. The SMILES string of the molecule is Fc1ccccc1/C=N/[C@@H]1C2CCN(CC2)[C@H]1C(c1ccccc1)c1ccccc1. The summed E-state index contributed by atoms with van der Waals surface area (Å²) in [6, 6.07) is 28.9. The number of hydrogen-bond donors (Lipinski definition) is 0. The Bertz CT molecular complexity index is 954. The van der Waals surface area contributed by atoms with Gasteiger partial charge in [0.1, 0.15) is 5.82 Å². The Morgan fingerprint density at radius 2 is 1.37 bits per heavy atom. The fourth-order valence-electron chi connectivity index (χ4n) is 5.33. The van der Waals surface area contributed by atoms with Crippen LogP contribution in [0.15, 0.2) is 89.9 Å². The Kier molecular flexibility index (Phi) is 5.46. The zero-order chi connectivity index (χ0) is 20.3. The quantitative estimate of drug-likeness (QED) is 0.515. The van der Waals surface area contributed by atoms with Crippen molar-refractivity contribution in [3.8, 4) is 0 Å². The molecule has 0 aromatic heterocycles. The Morgan fingerprint density at radius 1 is 0.800 bits per heavy atom. The van der Waals surface area contributed by atoms with Gasteiger partial charge in [-0.3, -0.25) is 9.89 Å². The van der Waals surface area contributed by atoms with E-state index in [9.17, 15) is 4.39 Å². The molecule has 2 nitrogen and oxygen atoms in total. The van der Waals surface area contributed by atoms with Crippen molar-refractivity contribution >= 4 is 6.21 Å². The zero-order valence-corrected chi connectivity index (χ0v) is 17.1. The van der Waals surface area contributed by atoms with Gasteiger partial charge in [-0.1, -0.05) is 78.9 Å². The molecule has 3 aliphatic rings. The highest BCUT2D eigenvalue weighted by Crippen LogP contribution is 2.43. The molecular formula is C27H27FN2. The minimum absolute atomic E-state index is 0.164. The van der Waals surface area contributed by atoms with E-state index >= 15 is 0 Å². The fourth-order valence-corrected chi connectivity index (χ4v) is 5.33. The molecule has 2 atom stereocenters. The van der Waals surface area contributed by atoms with Gasteiger partial charge in [-0.05, 0) is 49.0 Å². The Hall–Kier alpha value is -2.78. The summed E-state index contributed by atoms with van der Waals surface area (Å²) >= 11 is 0. The molecule has 0 unspecified atom stereocenters. The number of aliphatic imine (C=N–C) groups is 1. The number of piperidine rings is 3. The van der Waals surface area contributed by atoms with E-state index in [-0.39, 0.29) is 23.8 Å². The first-order valence-corrected chi connectivity index (χ1v) is 10.9. The van der Waals surface area contributed by atoms with Crippen LogP contribution in [0.5, 0.6) is 0 Å². The average Bonchev–Trinajstić information content (AvgIpc) is 2.81. The smallest absolute Gasteiger partial charge is 0.131 e. The average molecular weight is 399 g/mol. The van der Waals surface area contributed by atoms with Crippen molar-refractivity contribution in [1.29, 1.82) is 0 Å². The first kappa shape index (κ1) is 19.2. The first-order valence-electron chi connectivity index (χ1n) is 10.9. The van der Waals surface area contributed by atoms with E-state index in [1.807, 2.05) is 6.07 Å². The van der Waals surface area contributed by atoms with Gasteiger partial charge in [0, 0.05) is 23.7 Å². The van der Waals surface area contributed by atoms with Crippen molar-refractivity contribution < 1.29 is 4.39 Å². The van der Waals surface area contributed by atoms with Gasteiger partial charge >= 0.3 is 0 Å². The summed E-state index contributed by atoms with van der Waals surface area (Å²) < 4.78 is 14.2. The van der Waals surface area contributed by atoms with Crippen LogP contribution in [0.25, 0.3) is 0 Å². The molecule has 0 radical (unpaired) electrons. The van der Waals surface area contributed by atoms with Gasteiger partial charge < -0.3 is 0 Å². The van der Waals surface area contributed by atoms with E-state index in [0.29, 0.717) is 11.5 Å². The minimum Gasteiger partial charge on any atom is -0.297 e. The number of rotatable bonds is 5. The lowest BCUT2D eigenvalue weighted by molar-refractivity contribution is 0.0215. The highest BCUT2D eigenvalue weighted by molar-refractivity contribution is 5.80. The van der Waals surface area contributed by atoms with Crippen LogP contribution in [0.1, 0.15) is 35.4 Å². The van der Waals surface area contributed by atoms with E-state index in [0.717, 1.165) is 13.1 Å². The van der Waals surface area contributed by atoms with E-state index < -0.39 is 0 Å². The van der Waals surface area contributed by atoms with Crippen LogP contribution >= 0.6 is 0 Å². The maximum Gasteiger partial charge on any atom is 0.131 e. The highest BCUT2D eigenvalue weighted by atomic mass is 19.1. The second-order valence-electron chi connectivity index (χ2n) is 8.45. The summed E-state index contributed by atoms with van der Waals surface area (Å²) in [5, 5.41) is 0. The van der Waals surface area contributed by atoms with Crippen LogP contribution in [-0.2, 0) is 0 Å². The lowest BCUT2D eigenvalue weighted by atomic mass is 9.71. The predicted molar refractivity (Wildman–Crippen MR) is 121 cm³/mol. The summed E-state index contributed by atoms with van der Waals surface area (Å²) in [5.74, 6) is 0.595. The molecule has 0 amide bonds. The van der Waals surface area contributed by atoms with Crippen molar-refractivity contribution in [1.82, 2.24) is 4.90 Å². The van der Waals surface area contributed by atoms with Crippen molar-refractivity contribution in [3.63, 3.8) is 0 Å². The van der Waals surface area contributed by atoms with E-state index in [4.69, 9.17) is 4.99 Å². The largest absolute Gasteiger partial charge is 0.297 e. The summed E-state index contributed by atoms with van der Waals surface area (Å²) in [5.41, 5.74) is 3.23. The number of hydrogen-bond acceptors (Lipinski definition) is 2. The summed E-state index contributed by atoms with van der Waals surface area (Å²) in [6.07, 6.45) is 4.11. The van der Waals surface area contributed by atoms with E-state index in [2.05, 4.69) is 65.6 Å². The molecule has 152 valence electrons. The molecule has 0 spiro atoms. The van der Waals surface area contributed by atoms with E-state index in [1.54, 1.807) is 18.3 Å². The fraction of sp³-hybridized carbons (Fsp3) is 0.296. The van der Waals surface area contributed by atoms with Crippen molar-refractivity contribution in [2.45, 2.75) is 30.8 Å². The molecule has 3 heterocycles. The molecule has 2 bridgehead atoms. The zero-order valence-electron chi connectivity index (χ0n) is 17.1. The molecule has 3 fully saturated rings. The number of nitrogens with zero attached hydrogens (tertiary/aromatic N) is 2. The minimum atomic E-state index is -0.207. The van der Waals surface area contributed by atoms with Gasteiger partial charge in [0.25, 0.3) is 0 Å². The monoisotopic (exact) mass is 398 g/mol. The lowest BCUT2D eigenvalue weighted by Gasteiger charge is -2.52. The van der Waals surface area contributed by atoms with Gasteiger partial charge in [0.15, 0.2) is 0 Å². The molecule has 0 saturated carbocycles. The van der Waals surface area contributed by atoms with E-state index in [1.165, 1.54) is 30.0 Å². The number of benzene rings is 3. The second kappa shape index (κ2) is 8.53. The lowest BCUT2D eigenvalue weighted by Crippen LogP contribution is -2.59.